The summed E-state index contributed by atoms with van der Waals surface area (Å²) in [6.07, 6.45) is 12.3. The Balaban J connectivity index is 1.27. The van der Waals surface area contributed by atoms with Crippen LogP contribution in [-0.2, 0) is 11.3 Å². The Labute approximate surface area is 246 Å². The first-order valence-corrected chi connectivity index (χ1v) is 14.4. The lowest BCUT2D eigenvalue weighted by molar-refractivity contribution is 0.0547. The van der Waals surface area contributed by atoms with E-state index in [2.05, 4.69) is 49.7 Å². The molecule has 224 valence electrons. The van der Waals surface area contributed by atoms with Crippen molar-refractivity contribution in [2.45, 2.75) is 51.8 Å². The van der Waals surface area contributed by atoms with Gasteiger partial charge in [0.25, 0.3) is 0 Å². The maximum absolute atomic E-state index is 6.20. The summed E-state index contributed by atoms with van der Waals surface area (Å²) in [4.78, 5) is 20.9. The van der Waals surface area contributed by atoms with Gasteiger partial charge in [-0.15, -0.1) is 5.10 Å². The van der Waals surface area contributed by atoms with Gasteiger partial charge in [0.05, 0.1) is 30.6 Å². The van der Waals surface area contributed by atoms with Crippen LogP contribution in [0.4, 0.5) is 5.95 Å². The summed E-state index contributed by atoms with van der Waals surface area (Å²) >= 11 is 0. The third kappa shape index (κ3) is 7.06. The van der Waals surface area contributed by atoms with E-state index in [1.165, 1.54) is 0 Å². The molecule has 14 nitrogen and oxygen atoms in total. The SMILES string of the molecule is C=NN(/C=C(\C)c1cnc(N2CCCO[C@H](Cn3nnc4ncc(/C(C)=C/N(C)NC)nc43)C2)nc1)C1CCNCC1. The fraction of sp³-hybridized carbons (Fsp3) is 0.536. The summed E-state index contributed by atoms with van der Waals surface area (Å²) in [5.41, 5.74) is 7.92. The third-order valence-corrected chi connectivity index (χ3v) is 7.65. The average Bonchev–Trinajstić information content (AvgIpc) is 3.27. The topological polar surface area (TPSA) is 138 Å². The predicted octanol–water partition coefficient (Wildman–Crippen LogP) is 1.76. The molecule has 42 heavy (non-hydrogen) atoms. The van der Waals surface area contributed by atoms with E-state index in [-0.39, 0.29) is 6.10 Å². The largest absolute Gasteiger partial charge is 0.374 e. The van der Waals surface area contributed by atoms with Gasteiger partial charge < -0.3 is 20.0 Å². The van der Waals surface area contributed by atoms with Gasteiger partial charge in [-0.2, -0.15) is 5.10 Å². The van der Waals surface area contributed by atoms with Gasteiger partial charge in [-0.25, -0.2) is 30.0 Å². The van der Waals surface area contributed by atoms with Crippen molar-refractivity contribution in [3.05, 3.63) is 42.2 Å². The fourth-order valence-corrected chi connectivity index (χ4v) is 5.16. The minimum absolute atomic E-state index is 0.142. The molecule has 5 heterocycles. The summed E-state index contributed by atoms with van der Waals surface area (Å²) in [5.74, 6) is 0.680. The van der Waals surface area contributed by atoms with Gasteiger partial charge in [0.1, 0.15) is 0 Å². The molecule has 0 amide bonds. The number of anilines is 1. The molecule has 0 unspecified atom stereocenters. The van der Waals surface area contributed by atoms with E-state index in [1.807, 2.05) is 55.8 Å². The second kappa shape index (κ2) is 13.8. The van der Waals surface area contributed by atoms with Crippen LogP contribution in [0.3, 0.4) is 0 Å². The van der Waals surface area contributed by atoms with Gasteiger partial charge in [0, 0.05) is 70.9 Å². The molecule has 2 fully saturated rings. The van der Waals surface area contributed by atoms with Crippen LogP contribution in [0.2, 0.25) is 0 Å². The molecule has 0 bridgehead atoms. The molecule has 2 N–H and O–H groups in total. The minimum Gasteiger partial charge on any atom is -0.374 e. The van der Waals surface area contributed by atoms with Crippen molar-refractivity contribution in [2.24, 2.45) is 5.10 Å². The molecule has 0 aromatic carbocycles. The van der Waals surface area contributed by atoms with E-state index < -0.39 is 0 Å². The van der Waals surface area contributed by atoms with Crippen LogP contribution in [0.5, 0.6) is 0 Å². The molecule has 0 saturated carbocycles. The molecule has 3 aromatic rings. The molecule has 0 spiro atoms. The van der Waals surface area contributed by atoms with Crippen LogP contribution in [0.15, 0.2) is 36.1 Å². The Morgan fingerprint density at radius 3 is 2.69 bits per heavy atom. The number of rotatable bonds is 10. The summed E-state index contributed by atoms with van der Waals surface area (Å²) < 4.78 is 7.97. The van der Waals surface area contributed by atoms with Crippen LogP contribution in [-0.4, -0.2) is 111 Å². The van der Waals surface area contributed by atoms with Crippen molar-refractivity contribution in [3.8, 4) is 0 Å². The van der Waals surface area contributed by atoms with Crippen molar-refractivity contribution in [1.82, 2.24) is 55.7 Å². The molecule has 2 saturated heterocycles. The van der Waals surface area contributed by atoms with Gasteiger partial charge in [0.15, 0.2) is 5.65 Å². The van der Waals surface area contributed by atoms with Crippen LogP contribution < -0.4 is 15.6 Å². The number of allylic oxidation sites excluding steroid dienone is 2. The molecule has 0 radical (unpaired) electrons. The highest BCUT2D eigenvalue weighted by Gasteiger charge is 2.23. The summed E-state index contributed by atoms with van der Waals surface area (Å²) in [6.45, 7) is 12.4. The number of hydrazine groups is 1. The zero-order valence-electron chi connectivity index (χ0n) is 24.9. The normalized spacial score (nSPS) is 19.1. The Bertz CT molecular complexity index is 1400. The molecule has 0 aliphatic carbocycles. The predicted molar refractivity (Wildman–Crippen MR) is 163 cm³/mol. The van der Waals surface area contributed by atoms with Crippen LogP contribution in [0, 0.1) is 0 Å². The van der Waals surface area contributed by atoms with Crippen LogP contribution in [0.1, 0.15) is 44.4 Å². The van der Waals surface area contributed by atoms with Gasteiger partial charge in [-0.3, -0.25) is 5.01 Å². The maximum atomic E-state index is 6.20. The number of fused-ring (bicyclic) bond motifs is 1. The Morgan fingerprint density at radius 1 is 1.17 bits per heavy atom. The lowest BCUT2D eigenvalue weighted by Gasteiger charge is -2.30. The zero-order valence-corrected chi connectivity index (χ0v) is 24.9. The van der Waals surface area contributed by atoms with Crippen molar-refractivity contribution < 1.29 is 4.74 Å². The standard InChI is InChI=1S/C28H41N13O/c1-20(17-40(30-4)23-7-9-31-10-8-23)22-13-33-28(34-14-22)39-11-6-12-42-24(18-39)19-41-27-26(36-37-41)32-15-25(35-27)21(2)16-38(5)29-3/h13-17,23-24,29,31H,4,6-12,18-19H2,1-3,5H3/b20-17+,21-16+/t24-/m0/s1. The second-order valence-corrected chi connectivity index (χ2v) is 10.7. The van der Waals surface area contributed by atoms with E-state index in [0.717, 1.165) is 61.3 Å². The van der Waals surface area contributed by atoms with Gasteiger partial charge >= 0.3 is 0 Å². The van der Waals surface area contributed by atoms with Gasteiger partial charge in [-0.1, -0.05) is 5.21 Å². The maximum Gasteiger partial charge on any atom is 0.225 e. The number of hydrogen-bond acceptors (Lipinski definition) is 13. The van der Waals surface area contributed by atoms with Crippen molar-refractivity contribution >= 4 is 35.1 Å². The molecule has 5 rings (SSSR count). The number of ether oxygens (including phenoxy) is 1. The second-order valence-electron chi connectivity index (χ2n) is 10.7. The smallest absolute Gasteiger partial charge is 0.225 e. The van der Waals surface area contributed by atoms with Crippen molar-refractivity contribution in [2.75, 3.05) is 51.8 Å². The molecule has 3 aromatic heterocycles. The lowest BCUT2D eigenvalue weighted by Crippen LogP contribution is -2.38. The molecule has 2 aliphatic rings. The highest BCUT2D eigenvalue weighted by molar-refractivity contribution is 5.69. The number of hydrazone groups is 1. The quantitative estimate of drug-likeness (QED) is 0.269. The Kier molecular flexibility index (Phi) is 9.66. The monoisotopic (exact) mass is 575 g/mol. The number of nitrogens with zero attached hydrogens (tertiary/aromatic N) is 11. The number of hydrogen-bond donors (Lipinski definition) is 2. The summed E-state index contributed by atoms with van der Waals surface area (Å²) in [5, 5.41) is 20.0. The van der Waals surface area contributed by atoms with Gasteiger partial charge in [0.2, 0.25) is 11.6 Å². The highest BCUT2D eigenvalue weighted by Crippen LogP contribution is 2.21. The van der Waals surface area contributed by atoms with E-state index in [9.17, 15) is 0 Å². The third-order valence-electron chi connectivity index (χ3n) is 7.65. The number of nitrogens with one attached hydrogen (secondary N) is 2. The van der Waals surface area contributed by atoms with Crippen molar-refractivity contribution in [3.63, 3.8) is 0 Å². The summed E-state index contributed by atoms with van der Waals surface area (Å²) in [7, 11) is 3.78. The molecule has 1 atom stereocenters. The molecule has 2 aliphatic heterocycles. The van der Waals surface area contributed by atoms with E-state index >= 15 is 0 Å². The first-order chi connectivity index (χ1) is 20.4. The first-order valence-electron chi connectivity index (χ1n) is 14.4. The minimum atomic E-state index is -0.142. The Hall–Kier alpha value is -4.01. The molecular weight excluding hydrogens is 534 g/mol. The van der Waals surface area contributed by atoms with Crippen LogP contribution >= 0.6 is 0 Å². The molecular formula is C28H41N13O. The van der Waals surface area contributed by atoms with E-state index in [4.69, 9.17) is 19.7 Å². The summed E-state index contributed by atoms with van der Waals surface area (Å²) in [6, 6.07) is 0.355. The highest BCUT2D eigenvalue weighted by atomic mass is 16.5. The average molecular weight is 576 g/mol. The number of aromatic nitrogens is 7. The lowest BCUT2D eigenvalue weighted by atomic mass is 10.1. The fourth-order valence-electron chi connectivity index (χ4n) is 5.16. The Morgan fingerprint density at radius 2 is 1.95 bits per heavy atom. The van der Waals surface area contributed by atoms with E-state index in [0.29, 0.717) is 43.0 Å². The van der Waals surface area contributed by atoms with Gasteiger partial charge in [-0.05, 0) is 57.3 Å². The first kappa shape index (κ1) is 29.5. The zero-order chi connectivity index (χ0) is 29.5. The number of piperidine rings is 1. The van der Waals surface area contributed by atoms with Crippen LogP contribution in [0.25, 0.3) is 22.4 Å². The molecule has 14 heteroatoms. The van der Waals surface area contributed by atoms with Crippen molar-refractivity contribution in [1.29, 1.82) is 0 Å². The van der Waals surface area contributed by atoms with E-state index in [1.54, 1.807) is 10.9 Å².